The van der Waals surface area contributed by atoms with Gasteiger partial charge in [-0.15, -0.1) is 0 Å². The third-order valence-electron chi connectivity index (χ3n) is 5.63. The number of hydrogen-bond donors (Lipinski definition) is 2. The van der Waals surface area contributed by atoms with E-state index in [1.54, 1.807) is 0 Å². The summed E-state index contributed by atoms with van der Waals surface area (Å²) in [4.78, 5) is 6.77. The van der Waals surface area contributed by atoms with Gasteiger partial charge in [0.15, 0.2) is 5.11 Å². The van der Waals surface area contributed by atoms with Gasteiger partial charge in [0.25, 0.3) is 0 Å². The van der Waals surface area contributed by atoms with Crippen molar-refractivity contribution in [2.45, 2.75) is 32.4 Å². The Morgan fingerprint density at radius 2 is 1.93 bits per heavy atom. The van der Waals surface area contributed by atoms with Gasteiger partial charge in [0.1, 0.15) is 0 Å². The molecule has 1 saturated heterocycles. The number of thiocarbonyl (C=S) groups is 1. The minimum absolute atomic E-state index is 0.00815. The van der Waals surface area contributed by atoms with Crippen LogP contribution in [0, 0.1) is 13.8 Å². The standard InChI is InChI=1S/C23H25ClN4OS/c1-15-14-19(16(2)28(15)18-9-7-17(24)8-10-18)22-21(20-6-3-4-11-25-20)26-23(30)27(22)12-5-13-29/h3-4,6-11,14,21-22,29H,5,12-13H2,1-2H3,(H,26,30)/t21-,22+/m1/s1. The Morgan fingerprint density at radius 3 is 2.60 bits per heavy atom. The lowest BCUT2D eigenvalue weighted by Crippen LogP contribution is -2.31. The van der Waals surface area contributed by atoms with Crippen molar-refractivity contribution in [3.63, 3.8) is 0 Å². The molecule has 3 aromatic rings. The number of hydrogen-bond acceptors (Lipinski definition) is 3. The Labute approximate surface area is 187 Å². The number of aliphatic hydroxyl groups is 1. The maximum atomic E-state index is 9.41. The third-order valence-corrected chi connectivity index (χ3v) is 6.23. The van der Waals surface area contributed by atoms with E-state index in [1.165, 1.54) is 5.56 Å². The largest absolute Gasteiger partial charge is 0.396 e. The van der Waals surface area contributed by atoms with Crippen molar-refractivity contribution < 1.29 is 5.11 Å². The molecule has 0 amide bonds. The molecule has 2 aromatic heterocycles. The molecule has 3 heterocycles. The number of nitrogens with one attached hydrogen (secondary N) is 1. The van der Waals surface area contributed by atoms with Gasteiger partial charge in [-0.3, -0.25) is 4.98 Å². The predicted molar refractivity (Wildman–Crippen MR) is 124 cm³/mol. The van der Waals surface area contributed by atoms with Crippen molar-refractivity contribution in [1.82, 2.24) is 19.8 Å². The van der Waals surface area contributed by atoms with Crippen LogP contribution in [0.2, 0.25) is 5.02 Å². The zero-order chi connectivity index (χ0) is 21.3. The van der Waals surface area contributed by atoms with Gasteiger partial charge in [-0.1, -0.05) is 17.7 Å². The molecule has 1 aliphatic rings. The summed E-state index contributed by atoms with van der Waals surface area (Å²) in [6, 6.07) is 16.0. The van der Waals surface area contributed by atoms with Gasteiger partial charge < -0.3 is 19.9 Å². The number of pyridine rings is 1. The molecule has 1 fully saturated rings. The predicted octanol–water partition coefficient (Wildman–Crippen LogP) is 4.50. The highest BCUT2D eigenvalue weighted by molar-refractivity contribution is 7.80. The van der Waals surface area contributed by atoms with E-state index in [2.05, 4.69) is 39.7 Å². The number of nitrogens with zero attached hydrogens (tertiary/aromatic N) is 3. The van der Waals surface area contributed by atoms with Crippen LogP contribution in [0.3, 0.4) is 0 Å². The Morgan fingerprint density at radius 1 is 1.17 bits per heavy atom. The summed E-state index contributed by atoms with van der Waals surface area (Å²) in [5.41, 5.74) is 5.52. The summed E-state index contributed by atoms with van der Waals surface area (Å²) in [5, 5.41) is 14.3. The van der Waals surface area contributed by atoms with Crippen LogP contribution >= 0.6 is 23.8 Å². The van der Waals surface area contributed by atoms with Gasteiger partial charge in [0, 0.05) is 41.4 Å². The van der Waals surface area contributed by atoms with Gasteiger partial charge in [-0.2, -0.15) is 0 Å². The number of benzene rings is 1. The fraction of sp³-hybridized carbons (Fsp3) is 0.304. The molecule has 0 unspecified atom stereocenters. The minimum Gasteiger partial charge on any atom is -0.396 e. The molecule has 2 N–H and O–H groups in total. The highest BCUT2D eigenvalue weighted by Gasteiger charge is 2.41. The molecule has 2 atom stereocenters. The fourth-order valence-electron chi connectivity index (χ4n) is 4.30. The highest BCUT2D eigenvalue weighted by Crippen LogP contribution is 2.41. The molecular formula is C23H25ClN4OS. The summed E-state index contributed by atoms with van der Waals surface area (Å²) in [5.74, 6) is 0. The summed E-state index contributed by atoms with van der Waals surface area (Å²) in [6.07, 6.45) is 2.47. The smallest absolute Gasteiger partial charge is 0.170 e. The van der Waals surface area contributed by atoms with Crippen molar-refractivity contribution in [3.8, 4) is 5.69 Å². The van der Waals surface area contributed by atoms with Crippen LogP contribution in [0.5, 0.6) is 0 Å². The second-order valence-electron chi connectivity index (χ2n) is 7.54. The van der Waals surface area contributed by atoms with E-state index in [0.29, 0.717) is 18.1 Å². The van der Waals surface area contributed by atoms with Crippen LogP contribution in [0.4, 0.5) is 0 Å². The second-order valence-corrected chi connectivity index (χ2v) is 8.36. The van der Waals surface area contributed by atoms with Crippen molar-refractivity contribution >= 4 is 28.9 Å². The van der Waals surface area contributed by atoms with E-state index in [4.69, 9.17) is 23.8 Å². The van der Waals surface area contributed by atoms with Crippen LogP contribution in [-0.2, 0) is 0 Å². The molecular weight excluding hydrogens is 416 g/mol. The molecule has 0 saturated carbocycles. The van der Waals surface area contributed by atoms with E-state index in [1.807, 2.05) is 48.7 Å². The van der Waals surface area contributed by atoms with E-state index >= 15 is 0 Å². The summed E-state index contributed by atoms with van der Waals surface area (Å²) in [7, 11) is 0. The topological polar surface area (TPSA) is 53.3 Å². The van der Waals surface area contributed by atoms with Crippen LogP contribution in [-0.4, -0.2) is 37.8 Å². The molecule has 30 heavy (non-hydrogen) atoms. The highest BCUT2D eigenvalue weighted by atomic mass is 35.5. The van der Waals surface area contributed by atoms with Crippen LogP contribution < -0.4 is 5.32 Å². The van der Waals surface area contributed by atoms with Crippen molar-refractivity contribution in [1.29, 1.82) is 0 Å². The van der Waals surface area contributed by atoms with Crippen LogP contribution in [0.15, 0.2) is 54.7 Å². The Bertz CT molecular complexity index is 1040. The molecule has 0 aliphatic carbocycles. The van der Waals surface area contributed by atoms with Crippen molar-refractivity contribution in [3.05, 3.63) is 82.4 Å². The Hall–Kier alpha value is -2.41. The lowest BCUT2D eigenvalue weighted by Gasteiger charge is -2.28. The molecule has 4 rings (SSSR count). The van der Waals surface area contributed by atoms with Gasteiger partial charge in [0.2, 0.25) is 0 Å². The maximum absolute atomic E-state index is 9.41. The van der Waals surface area contributed by atoms with E-state index in [9.17, 15) is 5.11 Å². The van der Waals surface area contributed by atoms with Crippen molar-refractivity contribution in [2.24, 2.45) is 0 Å². The first-order valence-corrected chi connectivity index (χ1v) is 10.8. The molecule has 7 heteroatoms. The maximum Gasteiger partial charge on any atom is 0.170 e. The van der Waals surface area contributed by atoms with Gasteiger partial charge in [-0.25, -0.2) is 0 Å². The Balaban J connectivity index is 1.81. The number of halogens is 1. The normalized spacial score (nSPS) is 18.7. The number of aliphatic hydroxyl groups excluding tert-OH is 1. The molecule has 1 aromatic carbocycles. The molecule has 1 aliphatic heterocycles. The first-order valence-electron chi connectivity index (χ1n) is 10.0. The second kappa shape index (κ2) is 8.76. The first-order chi connectivity index (χ1) is 14.5. The van der Waals surface area contributed by atoms with Crippen LogP contribution in [0.1, 0.15) is 41.1 Å². The number of aromatic nitrogens is 2. The quantitative estimate of drug-likeness (QED) is 0.553. The lowest BCUT2D eigenvalue weighted by molar-refractivity contribution is 0.247. The molecule has 156 valence electrons. The fourth-order valence-corrected chi connectivity index (χ4v) is 4.76. The first kappa shape index (κ1) is 20.8. The molecule has 5 nitrogen and oxygen atoms in total. The van der Waals surface area contributed by atoms with Crippen molar-refractivity contribution in [2.75, 3.05) is 13.2 Å². The monoisotopic (exact) mass is 440 g/mol. The average Bonchev–Trinajstić information content (AvgIpc) is 3.23. The van der Waals surface area contributed by atoms with Gasteiger partial charge >= 0.3 is 0 Å². The van der Waals surface area contributed by atoms with E-state index in [-0.39, 0.29) is 18.7 Å². The minimum atomic E-state index is -0.0587. The molecule has 0 spiro atoms. The summed E-state index contributed by atoms with van der Waals surface area (Å²) in [6.45, 7) is 5.06. The van der Waals surface area contributed by atoms with E-state index < -0.39 is 0 Å². The number of aryl methyl sites for hydroxylation is 1. The lowest BCUT2D eigenvalue weighted by atomic mass is 9.96. The van der Waals surface area contributed by atoms with E-state index in [0.717, 1.165) is 27.8 Å². The third kappa shape index (κ3) is 3.83. The molecule has 0 radical (unpaired) electrons. The Kier molecular flexibility index (Phi) is 6.09. The zero-order valence-corrected chi connectivity index (χ0v) is 18.6. The number of rotatable bonds is 6. The average molecular weight is 441 g/mol. The zero-order valence-electron chi connectivity index (χ0n) is 17.0. The summed E-state index contributed by atoms with van der Waals surface area (Å²) < 4.78 is 2.24. The summed E-state index contributed by atoms with van der Waals surface area (Å²) >= 11 is 11.8. The molecule has 0 bridgehead atoms. The van der Waals surface area contributed by atoms with Gasteiger partial charge in [0.05, 0.1) is 17.8 Å². The van der Waals surface area contributed by atoms with Gasteiger partial charge in [-0.05, 0) is 80.5 Å². The SMILES string of the molecule is Cc1cc([C@H]2[C@@H](c3ccccn3)NC(=S)N2CCCO)c(C)n1-c1ccc(Cl)cc1. The van der Waals surface area contributed by atoms with Crippen LogP contribution in [0.25, 0.3) is 5.69 Å².